The van der Waals surface area contributed by atoms with E-state index in [1.165, 1.54) is 11.5 Å². The summed E-state index contributed by atoms with van der Waals surface area (Å²) in [5.41, 5.74) is 0. The maximum absolute atomic E-state index is 11.4. The van der Waals surface area contributed by atoms with Crippen LogP contribution in [0, 0.1) is 0 Å². The van der Waals surface area contributed by atoms with Gasteiger partial charge in [0, 0.05) is 18.8 Å². The Morgan fingerprint density at radius 3 is 2.77 bits per heavy atom. The van der Waals surface area contributed by atoms with Crippen LogP contribution in [0.4, 0.5) is 0 Å². The summed E-state index contributed by atoms with van der Waals surface area (Å²) in [5, 5.41) is 0. The van der Waals surface area contributed by atoms with Crippen LogP contribution in [0.3, 0.4) is 0 Å². The minimum absolute atomic E-state index is 0.0522. The van der Waals surface area contributed by atoms with E-state index in [1.54, 1.807) is 12.4 Å². The number of carbonyl (C=O) groups excluding carboxylic acids is 2. The van der Waals surface area contributed by atoms with Gasteiger partial charge in [-0.05, 0) is 6.92 Å². The van der Waals surface area contributed by atoms with Crippen molar-refractivity contribution in [1.82, 2.24) is 9.55 Å². The minimum atomic E-state index is -0.207. The zero-order valence-electron chi connectivity index (χ0n) is 7.78. The zero-order chi connectivity index (χ0) is 9.84. The number of carbonyl (C=O) groups is 2. The van der Waals surface area contributed by atoms with E-state index < -0.39 is 0 Å². The average molecular weight is 180 g/mol. The van der Waals surface area contributed by atoms with Crippen LogP contribution < -0.4 is 0 Å². The minimum Gasteiger partial charge on any atom is -0.299 e. The van der Waals surface area contributed by atoms with Crippen LogP contribution in [0.5, 0.6) is 0 Å². The molecule has 1 aromatic rings. The second kappa shape index (κ2) is 3.98. The van der Waals surface area contributed by atoms with E-state index in [9.17, 15) is 9.59 Å². The Hall–Kier alpha value is -1.45. The predicted molar refractivity (Wildman–Crippen MR) is 47.5 cm³/mol. The molecule has 0 aromatic carbocycles. The lowest BCUT2D eigenvalue weighted by atomic mass is 10.3. The van der Waals surface area contributed by atoms with Crippen molar-refractivity contribution in [2.45, 2.75) is 26.7 Å². The van der Waals surface area contributed by atoms with Gasteiger partial charge in [-0.15, -0.1) is 0 Å². The molecule has 0 radical (unpaired) electrons. The topological polar surface area (TPSA) is 52.0 Å². The fourth-order valence-electron chi connectivity index (χ4n) is 1.12. The molecule has 0 fully saturated rings. The van der Waals surface area contributed by atoms with Gasteiger partial charge in [0.05, 0.1) is 6.42 Å². The monoisotopic (exact) mass is 180 g/mol. The van der Waals surface area contributed by atoms with Crippen LogP contribution in [0.15, 0.2) is 12.4 Å². The first-order chi connectivity index (χ1) is 6.15. The molecule has 0 N–H and O–H groups in total. The maximum atomic E-state index is 11.4. The lowest BCUT2D eigenvalue weighted by molar-refractivity contribution is -0.116. The molecule has 0 saturated carbocycles. The lowest BCUT2D eigenvalue weighted by Gasteiger charge is -2.02. The first kappa shape index (κ1) is 9.64. The molecule has 0 amide bonds. The van der Waals surface area contributed by atoms with E-state index in [-0.39, 0.29) is 18.1 Å². The van der Waals surface area contributed by atoms with Gasteiger partial charge in [0.15, 0.2) is 0 Å². The van der Waals surface area contributed by atoms with Gasteiger partial charge >= 0.3 is 0 Å². The number of ketones is 1. The SMILES string of the molecule is CCc1nccn1C(=O)CC(C)=O. The van der Waals surface area contributed by atoms with Crippen molar-refractivity contribution in [2.24, 2.45) is 0 Å². The highest BCUT2D eigenvalue weighted by molar-refractivity contribution is 5.98. The van der Waals surface area contributed by atoms with E-state index in [2.05, 4.69) is 4.98 Å². The normalized spacial score (nSPS) is 10.0. The van der Waals surface area contributed by atoms with Gasteiger partial charge < -0.3 is 0 Å². The molecule has 1 heterocycles. The molecule has 0 unspecified atom stereocenters. The van der Waals surface area contributed by atoms with Crippen molar-refractivity contribution >= 4 is 11.7 Å². The molecular formula is C9H12N2O2. The van der Waals surface area contributed by atoms with Gasteiger partial charge in [-0.3, -0.25) is 14.2 Å². The Bertz CT molecular complexity index is 328. The van der Waals surface area contributed by atoms with Crippen LogP contribution >= 0.6 is 0 Å². The summed E-state index contributed by atoms with van der Waals surface area (Å²) in [5.74, 6) is 0.369. The molecule has 0 aliphatic rings. The molecule has 0 atom stereocenters. The second-order valence-electron chi connectivity index (χ2n) is 2.84. The molecule has 13 heavy (non-hydrogen) atoms. The standard InChI is InChI=1S/C9H12N2O2/c1-3-8-10-4-5-11(8)9(13)6-7(2)12/h4-5H,3,6H2,1-2H3. The van der Waals surface area contributed by atoms with Crippen LogP contribution in [0.1, 0.15) is 30.9 Å². The number of aromatic nitrogens is 2. The Kier molecular flexibility index (Phi) is 2.95. The number of rotatable bonds is 3. The molecule has 70 valence electrons. The molecule has 0 bridgehead atoms. The lowest BCUT2D eigenvalue weighted by Crippen LogP contribution is -2.15. The van der Waals surface area contributed by atoms with Gasteiger partial charge in [0.2, 0.25) is 5.91 Å². The van der Waals surface area contributed by atoms with Crippen molar-refractivity contribution in [2.75, 3.05) is 0 Å². The van der Waals surface area contributed by atoms with Crippen LogP contribution in [0.2, 0.25) is 0 Å². The van der Waals surface area contributed by atoms with Crippen LogP contribution in [-0.4, -0.2) is 21.2 Å². The molecule has 0 spiro atoms. The number of hydrogen-bond donors (Lipinski definition) is 0. The molecular weight excluding hydrogens is 168 g/mol. The van der Waals surface area contributed by atoms with Gasteiger partial charge in [0.25, 0.3) is 0 Å². The third-order valence-electron chi connectivity index (χ3n) is 1.70. The molecule has 1 rings (SSSR count). The number of hydrogen-bond acceptors (Lipinski definition) is 3. The molecule has 4 heteroatoms. The Labute approximate surface area is 76.6 Å². The molecule has 4 nitrogen and oxygen atoms in total. The molecule has 0 saturated heterocycles. The van der Waals surface area contributed by atoms with Crippen LogP contribution in [-0.2, 0) is 11.2 Å². The number of Topliss-reactive ketones (excluding diaryl/α,β-unsaturated/α-hetero) is 1. The Morgan fingerprint density at radius 1 is 1.54 bits per heavy atom. The number of nitrogens with zero attached hydrogens (tertiary/aromatic N) is 2. The van der Waals surface area contributed by atoms with E-state index in [4.69, 9.17) is 0 Å². The molecule has 0 aliphatic carbocycles. The van der Waals surface area contributed by atoms with E-state index in [0.29, 0.717) is 12.2 Å². The summed E-state index contributed by atoms with van der Waals surface area (Å²) in [6, 6.07) is 0. The first-order valence-electron chi connectivity index (χ1n) is 4.20. The van der Waals surface area contributed by atoms with E-state index >= 15 is 0 Å². The third kappa shape index (κ3) is 2.24. The Balaban J connectivity index is 2.82. The largest absolute Gasteiger partial charge is 0.299 e. The van der Waals surface area contributed by atoms with Crippen molar-refractivity contribution in [1.29, 1.82) is 0 Å². The molecule has 0 aliphatic heterocycles. The smallest absolute Gasteiger partial charge is 0.239 e. The van der Waals surface area contributed by atoms with Crippen LogP contribution in [0.25, 0.3) is 0 Å². The summed E-state index contributed by atoms with van der Waals surface area (Å²) in [4.78, 5) is 26.1. The number of aryl methyl sites for hydroxylation is 1. The number of imidazole rings is 1. The fraction of sp³-hybridized carbons (Fsp3) is 0.444. The zero-order valence-corrected chi connectivity index (χ0v) is 7.78. The average Bonchev–Trinajstić information content (AvgIpc) is 2.49. The fourth-order valence-corrected chi connectivity index (χ4v) is 1.12. The predicted octanol–water partition coefficient (Wildman–Crippen LogP) is 1.06. The van der Waals surface area contributed by atoms with Gasteiger partial charge in [-0.1, -0.05) is 6.92 Å². The van der Waals surface area contributed by atoms with Crippen molar-refractivity contribution < 1.29 is 9.59 Å². The molecule has 1 aromatic heterocycles. The highest BCUT2D eigenvalue weighted by atomic mass is 16.2. The highest BCUT2D eigenvalue weighted by Crippen LogP contribution is 2.00. The summed E-state index contributed by atoms with van der Waals surface area (Å²) in [6.45, 7) is 3.32. The maximum Gasteiger partial charge on any atom is 0.239 e. The van der Waals surface area contributed by atoms with Gasteiger partial charge in [-0.2, -0.15) is 0 Å². The third-order valence-corrected chi connectivity index (χ3v) is 1.70. The van der Waals surface area contributed by atoms with Crippen molar-refractivity contribution in [3.63, 3.8) is 0 Å². The van der Waals surface area contributed by atoms with Crippen molar-refractivity contribution in [3.8, 4) is 0 Å². The second-order valence-corrected chi connectivity index (χ2v) is 2.84. The summed E-state index contributed by atoms with van der Waals surface area (Å²) >= 11 is 0. The van der Waals surface area contributed by atoms with E-state index in [1.807, 2.05) is 6.92 Å². The van der Waals surface area contributed by atoms with Crippen molar-refractivity contribution in [3.05, 3.63) is 18.2 Å². The quantitative estimate of drug-likeness (QED) is 0.653. The van der Waals surface area contributed by atoms with Gasteiger partial charge in [-0.25, -0.2) is 4.98 Å². The first-order valence-corrected chi connectivity index (χ1v) is 4.20. The summed E-state index contributed by atoms with van der Waals surface area (Å²) in [6.07, 6.45) is 3.79. The summed E-state index contributed by atoms with van der Waals surface area (Å²) in [7, 11) is 0. The highest BCUT2D eigenvalue weighted by Gasteiger charge is 2.10. The van der Waals surface area contributed by atoms with E-state index in [0.717, 1.165) is 0 Å². The van der Waals surface area contributed by atoms with Gasteiger partial charge in [0.1, 0.15) is 11.6 Å². The summed E-state index contributed by atoms with van der Waals surface area (Å²) < 4.78 is 1.43. The Morgan fingerprint density at radius 2 is 2.23 bits per heavy atom.